The molecule has 1 amide bonds. The van der Waals surface area contributed by atoms with Crippen molar-refractivity contribution in [3.63, 3.8) is 0 Å². The third-order valence-corrected chi connectivity index (χ3v) is 4.82. The standard InChI is InChI=1S/C15H20N6O.C4H4O4/c22-15(11-3-4-11)19-13-12-9-18-21(14(12)17-10-16-13)8-7-20-5-1-2-6-20;5-3(6)1-2-4(7)8/h9-11H,1-8H2,(H,16,17,19,22);1-2H,(H,5,6)(H,7,8). The molecule has 30 heavy (non-hydrogen) atoms. The quantitative estimate of drug-likeness (QED) is 0.561. The number of carboxylic acids is 2. The number of aliphatic carboxylic acids is 2. The van der Waals surface area contributed by atoms with Crippen LogP contribution in [0, 0.1) is 5.92 Å². The largest absolute Gasteiger partial charge is 0.478 e. The Balaban J connectivity index is 0.000000275. The van der Waals surface area contributed by atoms with Gasteiger partial charge in [0, 0.05) is 24.6 Å². The molecule has 0 radical (unpaired) electrons. The fraction of sp³-hybridized carbons (Fsp3) is 0.474. The molecule has 0 bridgehead atoms. The first kappa shape index (κ1) is 21.4. The van der Waals surface area contributed by atoms with Crippen LogP contribution in [0.1, 0.15) is 25.7 Å². The van der Waals surface area contributed by atoms with Crippen LogP contribution in [0.5, 0.6) is 0 Å². The number of carbonyl (C=O) groups excluding carboxylic acids is 1. The number of rotatable bonds is 7. The Bertz CT molecular complexity index is 930. The summed E-state index contributed by atoms with van der Waals surface area (Å²) in [6.45, 7) is 4.16. The first-order valence-corrected chi connectivity index (χ1v) is 9.77. The van der Waals surface area contributed by atoms with Crippen molar-refractivity contribution in [2.24, 2.45) is 5.92 Å². The van der Waals surface area contributed by atoms with E-state index < -0.39 is 11.9 Å². The van der Waals surface area contributed by atoms with Gasteiger partial charge in [-0.3, -0.25) is 4.79 Å². The highest BCUT2D eigenvalue weighted by atomic mass is 16.4. The second-order valence-electron chi connectivity index (χ2n) is 7.15. The van der Waals surface area contributed by atoms with Gasteiger partial charge in [-0.15, -0.1) is 0 Å². The van der Waals surface area contributed by atoms with Gasteiger partial charge in [-0.25, -0.2) is 24.2 Å². The van der Waals surface area contributed by atoms with E-state index in [1.54, 1.807) is 6.20 Å². The Morgan fingerprint density at radius 3 is 2.33 bits per heavy atom. The van der Waals surface area contributed by atoms with E-state index in [-0.39, 0.29) is 11.8 Å². The van der Waals surface area contributed by atoms with E-state index >= 15 is 0 Å². The van der Waals surface area contributed by atoms with E-state index in [4.69, 9.17) is 10.2 Å². The van der Waals surface area contributed by atoms with Crippen LogP contribution in [0.4, 0.5) is 5.82 Å². The van der Waals surface area contributed by atoms with Crippen LogP contribution >= 0.6 is 0 Å². The summed E-state index contributed by atoms with van der Waals surface area (Å²) in [5, 5.41) is 23.8. The Labute approximate surface area is 172 Å². The molecular formula is C19H24N6O5. The van der Waals surface area contributed by atoms with E-state index in [9.17, 15) is 14.4 Å². The summed E-state index contributed by atoms with van der Waals surface area (Å²) in [5.74, 6) is -1.71. The fourth-order valence-electron chi connectivity index (χ4n) is 3.11. The van der Waals surface area contributed by atoms with Gasteiger partial charge in [0.25, 0.3) is 0 Å². The molecule has 160 valence electrons. The number of hydrogen-bond donors (Lipinski definition) is 3. The molecule has 1 aliphatic heterocycles. The van der Waals surface area contributed by atoms with Crippen LogP contribution in [0.3, 0.4) is 0 Å². The van der Waals surface area contributed by atoms with E-state index in [0.29, 0.717) is 18.0 Å². The minimum absolute atomic E-state index is 0.0600. The molecule has 4 rings (SSSR count). The molecule has 0 unspecified atom stereocenters. The lowest BCUT2D eigenvalue weighted by Crippen LogP contribution is -2.24. The number of anilines is 1. The Hall–Kier alpha value is -3.34. The van der Waals surface area contributed by atoms with Gasteiger partial charge in [-0.1, -0.05) is 0 Å². The van der Waals surface area contributed by atoms with E-state index in [0.717, 1.165) is 37.0 Å². The lowest BCUT2D eigenvalue weighted by Gasteiger charge is -2.14. The van der Waals surface area contributed by atoms with Crippen LogP contribution in [0.25, 0.3) is 11.0 Å². The van der Waals surface area contributed by atoms with Crippen LogP contribution in [-0.2, 0) is 20.9 Å². The predicted octanol–water partition coefficient (Wildman–Crippen LogP) is 0.982. The summed E-state index contributed by atoms with van der Waals surface area (Å²) < 4.78 is 1.90. The topological polar surface area (TPSA) is 151 Å². The van der Waals surface area contributed by atoms with E-state index in [1.165, 1.54) is 32.3 Å². The lowest BCUT2D eigenvalue weighted by atomic mass is 10.3. The van der Waals surface area contributed by atoms with Gasteiger partial charge in [0.15, 0.2) is 5.65 Å². The molecule has 0 spiro atoms. The zero-order chi connectivity index (χ0) is 21.5. The Morgan fingerprint density at radius 1 is 1.07 bits per heavy atom. The molecule has 2 aromatic rings. The third kappa shape index (κ3) is 6.08. The zero-order valence-electron chi connectivity index (χ0n) is 16.4. The van der Waals surface area contributed by atoms with Crippen molar-refractivity contribution < 1.29 is 24.6 Å². The highest BCUT2D eigenvalue weighted by Crippen LogP contribution is 2.30. The summed E-state index contributed by atoms with van der Waals surface area (Å²) >= 11 is 0. The summed E-state index contributed by atoms with van der Waals surface area (Å²) in [6, 6.07) is 0. The van der Waals surface area contributed by atoms with Crippen molar-refractivity contribution in [2.75, 3.05) is 25.0 Å². The van der Waals surface area contributed by atoms with Crippen molar-refractivity contribution >= 4 is 34.7 Å². The SMILES string of the molecule is O=C(Nc1ncnc2c1cnn2CCN1CCCC1)C1CC1.O=C(O)C=CC(=O)O. The van der Waals surface area contributed by atoms with Gasteiger partial charge in [0.2, 0.25) is 5.91 Å². The number of amides is 1. The summed E-state index contributed by atoms with van der Waals surface area (Å²) in [4.78, 5) is 42.0. The highest BCUT2D eigenvalue weighted by molar-refractivity contribution is 5.99. The van der Waals surface area contributed by atoms with Crippen molar-refractivity contribution in [3.05, 3.63) is 24.7 Å². The van der Waals surface area contributed by atoms with Gasteiger partial charge >= 0.3 is 11.9 Å². The second kappa shape index (κ2) is 9.92. The smallest absolute Gasteiger partial charge is 0.328 e. The molecule has 1 aliphatic carbocycles. The average molecular weight is 416 g/mol. The van der Waals surface area contributed by atoms with Crippen molar-refractivity contribution in [3.8, 4) is 0 Å². The zero-order valence-corrected chi connectivity index (χ0v) is 16.4. The Morgan fingerprint density at radius 2 is 1.73 bits per heavy atom. The van der Waals surface area contributed by atoms with Gasteiger partial charge < -0.3 is 20.4 Å². The molecule has 0 aromatic carbocycles. The van der Waals surface area contributed by atoms with Gasteiger partial charge in [-0.05, 0) is 38.8 Å². The third-order valence-electron chi connectivity index (χ3n) is 4.82. The minimum atomic E-state index is -1.26. The summed E-state index contributed by atoms with van der Waals surface area (Å²) in [6.07, 6.45) is 8.91. The van der Waals surface area contributed by atoms with Crippen LogP contribution < -0.4 is 5.32 Å². The summed E-state index contributed by atoms with van der Waals surface area (Å²) in [5.41, 5.74) is 0.792. The molecule has 11 heteroatoms. The molecule has 0 atom stereocenters. The van der Waals surface area contributed by atoms with Crippen molar-refractivity contribution in [2.45, 2.75) is 32.2 Å². The highest BCUT2D eigenvalue weighted by Gasteiger charge is 2.30. The van der Waals surface area contributed by atoms with Gasteiger partial charge in [0.1, 0.15) is 12.1 Å². The minimum Gasteiger partial charge on any atom is -0.478 e. The molecule has 1 saturated heterocycles. The van der Waals surface area contributed by atoms with Gasteiger partial charge in [-0.2, -0.15) is 5.10 Å². The normalized spacial score (nSPS) is 16.4. The average Bonchev–Trinajstić information content (AvgIpc) is 3.28. The number of nitrogens with zero attached hydrogens (tertiary/aromatic N) is 5. The van der Waals surface area contributed by atoms with Crippen molar-refractivity contribution in [1.82, 2.24) is 24.6 Å². The first-order chi connectivity index (χ1) is 14.4. The molecule has 2 aliphatic rings. The first-order valence-electron chi connectivity index (χ1n) is 9.77. The maximum atomic E-state index is 11.9. The Kier molecular flexibility index (Phi) is 7.07. The second-order valence-corrected chi connectivity index (χ2v) is 7.15. The number of likely N-dealkylation sites (tertiary alicyclic amines) is 1. The summed E-state index contributed by atoms with van der Waals surface area (Å²) in [7, 11) is 0. The van der Waals surface area contributed by atoms with E-state index in [2.05, 4.69) is 25.3 Å². The van der Waals surface area contributed by atoms with Crippen LogP contribution in [0.2, 0.25) is 0 Å². The number of nitrogens with one attached hydrogen (secondary N) is 1. The van der Waals surface area contributed by atoms with Crippen LogP contribution in [-0.4, -0.2) is 72.3 Å². The molecule has 3 heterocycles. The number of hydrogen-bond acceptors (Lipinski definition) is 7. The van der Waals surface area contributed by atoms with Crippen molar-refractivity contribution in [1.29, 1.82) is 0 Å². The number of aromatic nitrogens is 4. The molecule has 2 aromatic heterocycles. The van der Waals surface area contributed by atoms with Crippen LogP contribution in [0.15, 0.2) is 24.7 Å². The monoisotopic (exact) mass is 416 g/mol. The molecule has 11 nitrogen and oxygen atoms in total. The molecular weight excluding hydrogens is 392 g/mol. The number of carbonyl (C=O) groups is 3. The lowest BCUT2D eigenvalue weighted by molar-refractivity contribution is -0.134. The predicted molar refractivity (Wildman–Crippen MR) is 107 cm³/mol. The maximum absolute atomic E-state index is 11.9. The molecule has 1 saturated carbocycles. The van der Waals surface area contributed by atoms with E-state index in [1.807, 2.05) is 4.68 Å². The number of carboxylic acid groups (broad SMARTS) is 2. The van der Waals surface area contributed by atoms with Gasteiger partial charge in [0.05, 0.1) is 18.1 Å². The maximum Gasteiger partial charge on any atom is 0.328 e. The molecule has 3 N–H and O–H groups in total. The molecule has 2 fully saturated rings. The number of fused-ring (bicyclic) bond motifs is 1. The fourth-order valence-corrected chi connectivity index (χ4v) is 3.11.